The van der Waals surface area contributed by atoms with Gasteiger partial charge in [0.25, 0.3) is 0 Å². The molecule has 0 amide bonds. The SMILES string of the molecule is CCOC(=O)[C@]1(C)O[C@]12CCO[C@@H](C)C2. The molecule has 2 saturated heterocycles. The first-order chi connectivity index (χ1) is 7.04. The number of epoxide rings is 1. The average molecular weight is 214 g/mol. The van der Waals surface area contributed by atoms with Crippen molar-refractivity contribution in [2.24, 2.45) is 0 Å². The Bertz CT molecular complexity index is 278. The van der Waals surface area contributed by atoms with Crippen molar-refractivity contribution in [1.29, 1.82) is 0 Å². The van der Waals surface area contributed by atoms with E-state index in [1.807, 2.05) is 20.8 Å². The molecule has 0 aliphatic carbocycles. The molecular weight excluding hydrogens is 196 g/mol. The van der Waals surface area contributed by atoms with Gasteiger partial charge in [0, 0.05) is 19.4 Å². The Morgan fingerprint density at radius 2 is 2.33 bits per heavy atom. The molecule has 2 aliphatic rings. The fourth-order valence-corrected chi connectivity index (χ4v) is 2.44. The highest BCUT2D eigenvalue weighted by atomic mass is 16.7. The van der Waals surface area contributed by atoms with Gasteiger partial charge in [-0.1, -0.05) is 0 Å². The van der Waals surface area contributed by atoms with Crippen LogP contribution in [0.5, 0.6) is 0 Å². The van der Waals surface area contributed by atoms with Gasteiger partial charge in [-0.2, -0.15) is 0 Å². The molecule has 0 aromatic heterocycles. The minimum Gasteiger partial charge on any atom is -0.464 e. The van der Waals surface area contributed by atoms with Gasteiger partial charge < -0.3 is 14.2 Å². The van der Waals surface area contributed by atoms with E-state index in [1.54, 1.807) is 0 Å². The number of esters is 1. The second-order valence-electron chi connectivity index (χ2n) is 4.49. The summed E-state index contributed by atoms with van der Waals surface area (Å²) in [5.74, 6) is -0.237. The van der Waals surface area contributed by atoms with E-state index in [9.17, 15) is 4.79 Å². The summed E-state index contributed by atoms with van der Waals surface area (Å²) in [6.07, 6.45) is 1.73. The first kappa shape index (κ1) is 10.9. The van der Waals surface area contributed by atoms with Gasteiger partial charge >= 0.3 is 5.97 Å². The monoisotopic (exact) mass is 214 g/mol. The number of ether oxygens (including phenoxy) is 3. The molecule has 0 aromatic rings. The fraction of sp³-hybridized carbons (Fsp3) is 0.909. The van der Waals surface area contributed by atoms with Crippen molar-refractivity contribution in [3.63, 3.8) is 0 Å². The summed E-state index contributed by atoms with van der Waals surface area (Å²) in [4.78, 5) is 11.7. The van der Waals surface area contributed by atoms with E-state index >= 15 is 0 Å². The van der Waals surface area contributed by atoms with Crippen molar-refractivity contribution in [2.75, 3.05) is 13.2 Å². The van der Waals surface area contributed by atoms with E-state index in [1.165, 1.54) is 0 Å². The molecule has 0 unspecified atom stereocenters. The van der Waals surface area contributed by atoms with E-state index in [2.05, 4.69) is 0 Å². The Hall–Kier alpha value is -0.610. The van der Waals surface area contributed by atoms with Gasteiger partial charge in [0.05, 0.1) is 12.7 Å². The molecule has 4 heteroatoms. The molecular formula is C11H18O4. The van der Waals surface area contributed by atoms with Crippen LogP contribution in [0.15, 0.2) is 0 Å². The summed E-state index contributed by atoms with van der Waals surface area (Å²) in [6.45, 7) is 6.70. The quantitative estimate of drug-likeness (QED) is 0.513. The topological polar surface area (TPSA) is 48.1 Å². The summed E-state index contributed by atoms with van der Waals surface area (Å²) in [6, 6.07) is 0. The Labute approximate surface area is 89.9 Å². The van der Waals surface area contributed by atoms with Crippen molar-refractivity contribution in [2.45, 2.75) is 50.9 Å². The summed E-state index contributed by atoms with van der Waals surface area (Å²) >= 11 is 0. The Morgan fingerprint density at radius 1 is 1.60 bits per heavy atom. The average Bonchev–Trinajstić information content (AvgIpc) is 2.72. The van der Waals surface area contributed by atoms with Crippen LogP contribution in [-0.2, 0) is 19.0 Å². The predicted molar refractivity (Wildman–Crippen MR) is 53.5 cm³/mol. The molecule has 0 aromatic carbocycles. The summed E-state index contributed by atoms with van der Waals surface area (Å²) in [7, 11) is 0. The fourth-order valence-electron chi connectivity index (χ4n) is 2.44. The van der Waals surface area contributed by atoms with Gasteiger partial charge in [0.2, 0.25) is 0 Å². The van der Waals surface area contributed by atoms with Crippen molar-refractivity contribution in [1.82, 2.24) is 0 Å². The minimum absolute atomic E-state index is 0.162. The van der Waals surface area contributed by atoms with Crippen molar-refractivity contribution >= 4 is 5.97 Å². The first-order valence-corrected chi connectivity index (χ1v) is 5.53. The number of carbonyl (C=O) groups excluding carboxylic acids is 1. The Morgan fingerprint density at radius 3 is 2.93 bits per heavy atom. The molecule has 0 radical (unpaired) electrons. The molecule has 4 nitrogen and oxygen atoms in total. The molecule has 0 saturated carbocycles. The maximum atomic E-state index is 11.7. The van der Waals surface area contributed by atoms with Crippen LogP contribution in [0, 0.1) is 0 Å². The highest BCUT2D eigenvalue weighted by molar-refractivity contribution is 5.84. The summed E-state index contributed by atoms with van der Waals surface area (Å²) < 4.78 is 16.1. The first-order valence-electron chi connectivity index (χ1n) is 5.53. The van der Waals surface area contributed by atoms with Gasteiger partial charge in [-0.05, 0) is 20.8 Å². The highest BCUT2D eigenvalue weighted by Crippen LogP contribution is 2.55. The van der Waals surface area contributed by atoms with Gasteiger partial charge in [0.15, 0.2) is 5.60 Å². The lowest BCUT2D eigenvalue weighted by Crippen LogP contribution is -2.39. The third-order valence-electron chi connectivity index (χ3n) is 3.42. The maximum absolute atomic E-state index is 11.7. The van der Waals surface area contributed by atoms with Crippen molar-refractivity contribution in [3.05, 3.63) is 0 Å². The number of hydrogen-bond acceptors (Lipinski definition) is 4. The van der Waals surface area contributed by atoms with Crippen molar-refractivity contribution in [3.8, 4) is 0 Å². The smallest absolute Gasteiger partial charge is 0.341 e. The molecule has 86 valence electrons. The van der Waals surface area contributed by atoms with Crippen LogP contribution in [-0.4, -0.2) is 36.5 Å². The maximum Gasteiger partial charge on any atom is 0.341 e. The van der Waals surface area contributed by atoms with Crippen LogP contribution in [0.2, 0.25) is 0 Å². The number of rotatable bonds is 2. The molecule has 15 heavy (non-hydrogen) atoms. The lowest BCUT2D eigenvalue weighted by Gasteiger charge is -2.26. The van der Waals surface area contributed by atoms with Crippen LogP contribution < -0.4 is 0 Å². The van der Waals surface area contributed by atoms with Crippen LogP contribution in [0.25, 0.3) is 0 Å². The van der Waals surface area contributed by atoms with Gasteiger partial charge in [-0.25, -0.2) is 4.79 Å². The van der Waals surface area contributed by atoms with Gasteiger partial charge in [0.1, 0.15) is 5.60 Å². The lowest BCUT2D eigenvalue weighted by atomic mass is 9.85. The van der Waals surface area contributed by atoms with Gasteiger partial charge in [-0.15, -0.1) is 0 Å². The third kappa shape index (κ3) is 1.56. The van der Waals surface area contributed by atoms with Crippen LogP contribution in [0.3, 0.4) is 0 Å². The van der Waals surface area contributed by atoms with Crippen LogP contribution >= 0.6 is 0 Å². The second kappa shape index (κ2) is 3.46. The van der Waals surface area contributed by atoms with E-state index < -0.39 is 5.60 Å². The third-order valence-corrected chi connectivity index (χ3v) is 3.42. The molecule has 2 aliphatic heterocycles. The Kier molecular flexibility index (Phi) is 2.51. The zero-order valence-corrected chi connectivity index (χ0v) is 9.54. The molecule has 2 rings (SSSR count). The molecule has 0 N–H and O–H groups in total. The summed E-state index contributed by atoms with van der Waals surface area (Å²) in [5, 5.41) is 0. The predicted octanol–water partition coefficient (Wildman–Crippen LogP) is 1.28. The zero-order chi connectivity index (χ0) is 11.1. The molecule has 2 heterocycles. The Balaban J connectivity index is 2.05. The largest absolute Gasteiger partial charge is 0.464 e. The van der Waals surface area contributed by atoms with Gasteiger partial charge in [-0.3, -0.25) is 0 Å². The molecule has 2 fully saturated rings. The minimum atomic E-state index is -0.735. The highest BCUT2D eigenvalue weighted by Gasteiger charge is 2.73. The standard InChI is InChI=1S/C11H18O4/c1-4-13-9(12)10(3)11(15-10)5-6-14-8(2)7-11/h8H,4-7H2,1-3H3/t8-,10-,11-/m0/s1. The number of hydrogen-bond donors (Lipinski definition) is 0. The zero-order valence-electron chi connectivity index (χ0n) is 9.54. The van der Waals surface area contributed by atoms with E-state index in [-0.39, 0.29) is 17.7 Å². The lowest BCUT2D eigenvalue weighted by molar-refractivity contribution is -0.149. The van der Waals surface area contributed by atoms with E-state index in [4.69, 9.17) is 14.2 Å². The summed E-state index contributed by atoms with van der Waals surface area (Å²) in [5.41, 5.74) is -1.06. The normalized spacial score (nSPS) is 44.1. The van der Waals surface area contributed by atoms with E-state index in [0.717, 1.165) is 12.8 Å². The molecule has 0 bridgehead atoms. The van der Waals surface area contributed by atoms with Crippen LogP contribution in [0.4, 0.5) is 0 Å². The molecule has 3 atom stereocenters. The molecule has 1 spiro atoms. The number of carbonyl (C=O) groups is 1. The van der Waals surface area contributed by atoms with Crippen molar-refractivity contribution < 1.29 is 19.0 Å². The van der Waals surface area contributed by atoms with Crippen LogP contribution in [0.1, 0.15) is 33.6 Å². The second-order valence-corrected chi connectivity index (χ2v) is 4.49. The van der Waals surface area contributed by atoms with E-state index in [0.29, 0.717) is 13.2 Å².